The summed E-state index contributed by atoms with van der Waals surface area (Å²) in [6, 6.07) is 0. The zero-order valence-electron chi connectivity index (χ0n) is 12.6. The molecular weight excluding hydrogens is 224 g/mol. The molecule has 0 radical (unpaired) electrons. The van der Waals surface area contributed by atoms with E-state index in [1.54, 1.807) is 0 Å². The van der Waals surface area contributed by atoms with E-state index in [4.69, 9.17) is 4.74 Å². The first-order valence-electron chi connectivity index (χ1n) is 7.19. The second-order valence-electron chi connectivity index (χ2n) is 5.86. The molecule has 3 rings (SSSR count). The Bertz CT molecular complexity index is 432. The summed E-state index contributed by atoms with van der Waals surface area (Å²) >= 11 is 0. The fourth-order valence-electron chi connectivity index (χ4n) is 2.75. The molecule has 1 aromatic heterocycles. The van der Waals surface area contributed by atoms with E-state index in [1.165, 1.54) is 24.1 Å². The number of nitrogens with zero attached hydrogens (tertiary/aromatic N) is 2. The van der Waals surface area contributed by atoms with Gasteiger partial charge in [-0.3, -0.25) is 4.68 Å². The summed E-state index contributed by atoms with van der Waals surface area (Å²) in [6.07, 6.45) is 4.43. The van der Waals surface area contributed by atoms with Crippen LogP contribution in [0, 0.1) is 12.8 Å². The summed E-state index contributed by atoms with van der Waals surface area (Å²) in [6.45, 7) is 13.6. The van der Waals surface area contributed by atoms with Crippen molar-refractivity contribution in [1.82, 2.24) is 9.78 Å². The molecule has 1 fully saturated rings. The van der Waals surface area contributed by atoms with Crippen molar-refractivity contribution < 1.29 is 4.74 Å². The van der Waals surface area contributed by atoms with Crippen LogP contribution in [-0.2, 0) is 15.9 Å². The summed E-state index contributed by atoms with van der Waals surface area (Å²) in [5, 5.41) is 4.59. The van der Waals surface area contributed by atoms with Gasteiger partial charge >= 0.3 is 0 Å². The Balaban J connectivity index is 0.000000574. The standard InChI is InChI=1S/C13H20N2O.C2H6/c1-9(2)12(4)11-10(3)7-14-15(11)13(5-6-13)8-16-12;1-2/h7,9H,5-6,8H2,1-4H3;1-2H3. The van der Waals surface area contributed by atoms with E-state index in [2.05, 4.69) is 37.5 Å². The maximum Gasteiger partial charge on any atom is 0.110 e. The molecule has 0 saturated heterocycles. The third kappa shape index (κ3) is 1.71. The van der Waals surface area contributed by atoms with Gasteiger partial charge in [0.25, 0.3) is 0 Å². The normalized spacial score (nSPS) is 27.7. The zero-order valence-corrected chi connectivity index (χ0v) is 12.6. The number of hydrogen-bond acceptors (Lipinski definition) is 2. The van der Waals surface area contributed by atoms with Crippen LogP contribution in [0.1, 0.15) is 58.7 Å². The fourth-order valence-corrected chi connectivity index (χ4v) is 2.75. The second-order valence-corrected chi connectivity index (χ2v) is 5.86. The second kappa shape index (κ2) is 4.37. The molecule has 1 atom stereocenters. The molecule has 1 aliphatic heterocycles. The SMILES string of the molecule is CC.Cc1cnn2c1C(C)(C(C)C)OCC21CC1. The summed E-state index contributed by atoms with van der Waals surface area (Å²) in [4.78, 5) is 0. The van der Waals surface area contributed by atoms with Gasteiger partial charge in [0.2, 0.25) is 0 Å². The van der Waals surface area contributed by atoms with Crippen molar-refractivity contribution in [2.75, 3.05) is 6.61 Å². The van der Waals surface area contributed by atoms with E-state index in [0.29, 0.717) is 5.92 Å². The molecule has 3 heteroatoms. The highest BCUT2D eigenvalue weighted by molar-refractivity contribution is 5.28. The molecule has 0 bridgehead atoms. The van der Waals surface area contributed by atoms with Gasteiger partial charge in [-0.15, -0.1) is 0 Å². The average molecular weight is 250 g/mol. The van der Waals surface area contributed by atoms with Crippen molar-refractivity contribution in [1.29, 1.82) is 0 Å². The lowest BCUT2D eigenvalue weighted by molar-refractivity contribution is -0.117. The van der Waals surface area contributed by atoms with Gasteiger partial charge in [0.15, 0.2) is 0 Å². The third-order valence-electron chi connectivity index (χ3n) is 4.44. The van der Waals surface area contributed by atoms with Crippen LogP contribution in [0.3, 0.4) is 0 Å². The summed E-state index contributed by atoms with van der Waals surface area (Å²) < 4.78 is 8.47. The molecule has 2 heterocycles. The smallest absolute Gasteiger partial charge is 0.110 e. The molecule has 18 heavy (non-hydrogen) atoms. The van der Waals surface area contributed by atoms with Crippen LogP contribution in [0.2, 0.25) is 0 Å². The maximum absolute atomic E-state index is 6.21. The van der Waals surface area contributed by atoms with Crippen LogP contribution in [-0.4, -0.2) is 16.4 Å². The Hall–Kier alpha value is -0.830. The number of aromatic nitrogens is 2. The fraction of sp³-hybridized carbons (Fsp3) is 0.800. The lowest BCUT2D eigenvalue weighted by Crippen LogP contribution is -2.46. The van der Waals surface area contributed by atoms with E-state index in [9.17, 15) is 0 Å². The van der Waals surface area contributed by atoms with Crippen LogP contribution in [0.4, 0.5) is 0 Å². The van der Waals surface area contributed by atoms with Gasteiger partial charge in [0, 0.05) is 0 Å². The van der Waals surface area contributed by atoms with Gasteiger partial charge in [-0.25, -0.2) is 0 Å². The highest BCUT2D eigenvalue weighted by Gasteiger charge is 2.54. The Morgan fingerprint density at radius 3 is 2.44 bits per heavy atom. The van der Waals surface area contributed by atoms with Crippen molar-refractivity contribution in [3.8, 4) is 0 Å². The van der Waals surface area contributed by atoms with Crippen LogP contribution >= 0.6 is 0 Å². The summed E-state index contributed by atoms with van der Waals surface area (Å²) in [5.41, 5.74) is 2.60. The lowest BCUT2D eigenvalue weighted by atomic mass is 9.85. The third-order valence-corrected chi connectivity index (χ3v) is 4.44. The van der Waals surface area contributed by atoms with Crippen molar-refractivity contribution in [2.24, 2.45) is 5.92 Å². The summed E-state index contributed by atoms with van der Waals surface area (Å²) in [7, 11) is 0. The number of hydrogen-bond donors (Lipinski definition) is 0. The molecule has 1 saturated carbocycles. The Labute approximate surface area is 111 Å². The Morgan fingerprint density at radius 2 is 1.94 bits per heavy atom. The van der Waals surface area contributed by atoms with Crippen molar-refractivity contribution in [2.45, 2.75) is 65.5 Å². The van der Waals surface area contributed by atoms with Crippen molar-refractivity contribution in [3.63, 3.8) is 0 Å². The van der Waals surface area contributed by atoms with Crippen LogP contribution in [0.25, 0.3) is 0 Å². The number of ether oxygens (including phenoxy) is 1. The number of rotatable bonds is 1. The monoisotopic (exact) mass is 250 g/mol. The van der Waals surface area contributed by atoms with Crippen LogP contribution in [0.5, 0.6) is 0 Å². The van der Waals surface area contributed by atoms with E-state index < -0.39 is 0 Å². The molecular formula is C15H26N2O. The molecule has 1 unspecified atom stereocenters. The maximum atomic E-state index is 6.21. The highest BCUT2D eigenvalue weighted by atomic mass is 16.5. The average Bonchev–Trinajstić information content (AvgIpc) is 3.03. The van der Waals surface area contributed by atoms with Crippen molar-refractivity contribution >= 4 is 0 Å². The van der Waals surface area contributed by atoms with E-state index in [0.717, 1.165) is 6.61 Å². The van der Waals surface area contributed by atoms with Crippen LogP contribution in [0.15, 0.2) is 6.20 Å². The topological polar surface area (TPSA) is 27.1 Å². The Morgan fingerprint density at radius 1 is 1.33 bits per heavy atom. The molecule has 1 aromatic rings. The first-order chi connectivity index (χ1) is 8.50. The zero-order chi connectivity index (χ0) is 13.6. The molecule has 102 valence electrons. The van der Waals surface area contributed by atoms with E-state index >= 15 is 0 Å². The lowest BCUT2D eigenvalue weighted by Gasteiger charge is -2.42. The number of aryl methyl sites for hydroxylation is 1. The van der Waals surface area contributed by atoms with Gasteiger partial charge < -0.3 is 4.74 Å². The quantitative estimate of drug-likeness (QED) is 0.761. The minimum Gasteiger partial charge on any atom is -0.366 e. The first kappa shape index (κ1) is 13.6. The molecule has 2 aliphatic rings. The van der Waals surface area contributed by atoms with Gasteiger partial charge in [-0.2, -0.15) is 5.10 Å². The molecule has 1 spiro atoms. The predicted molar refractivity (Wildman–Crippen MR) is 73.7 cm³/mol. The molecule has 0 aromatic carbocycles. The number of fused-ring (bicyclic) bond motifs is 2. The van der Waals surface area contributed by atoms with Crippen molar-refractivity contribution in [3.05, 3.63) is 17.5 Å². The molecule has 1 aliphatic carbocycles. The van der Waals surface area contributed by atoms with E-state index in [1.807, 2.05) is 20.0 Å². The first-order valence-corrected chi connectivity index (χ1v) is 7.19. The van der Waals surface area contributed by atoms with Gasteiger partial charge in [-0.1, -0.05) is 27.7 Å². The highest BCUT2D eigenvalue weighted by Crippen LogP contribution is 2.52. The minimum absolute atomic E-state index is 0.172. The predicted octanol–water partition coefficient (Wildman–Crippen LogP) is 3.61. The Kier molecular flexibility index (Phi) is 3.30. The van der Waals surface area contributed by atoms with Gasteiger partial charge in [0.1, 0.15) is 5.60 Å². The van der Waals surface area contributed by atoms with Gasteiger partial charge in [-0.05, 0) is 38.2 Å². The van der Waals surface area contributed by atoms with E-state index in [-0.39, 0.29) is 11.1 Å². The molecule has 3 nitrogen and oxygen atoms in total. The summed E-state index contributed by atoms with van der Waals surface area (Å²) in [5.74, 6) is 0.470. The molecule has 0 amide bonds. The largest absolute Gasteiger partial charge is 0.366 e. The van der Waals surface area contributed by atoms with Crippen LogP contribution < -0.4 is 0 Å². The minimum atomic E-state index is -0.172. The van der Waals surface area contributed by atoms with Gasteiger partial charge in [0.05, 0.1) is 24.0 Å². The molecule has 0 N–H and O–H groups in total.